The highest BCUT2D eigenvalue weighted by Gasteiger charge is 2.03. The minimum absolute atomic E-state index is 1.11. The molecular formula is C4H5NS+. The van der Waals surface area contributed by atoms with Crippen molar-refractivity contribution < 1.29 is 0 Å². The van der Waals surface area contributed by atoms with Crippen molar-refractivity contribution in [3.05, 3.63) is 11.1 Å². The Balaban J connectivity index is 2.68. The van der Waals surface area contributed by atoms with E-state index in [-0.39, 0.29) is 0 Å². The van der Waals surface area contributed by atoms with Crippen molar-refractivity contribution in [1.29, 1.82) is 0 Å². The van der Waals surface area contributed by atoms with Crippen LogP contribution < -0.4 is 4.99 Å². The smallest absolute Gasteiger partial charge is 0.0233 e. The van der Waals surface area contributed by atoms with Gasteiger partial charge in [0.1, 0.15) is 0 Å². The summed E-state index contributed by atoms with van der Waals surface area (Å²) in [5.74, 6) is 0. The van der Waals surface area contributed by atoms with Crippen LogP contribution in [0, 0.1) is 0 Å². The highest BCUT2D eigenvalue weighted by Crippen LogP contribution is 2.04. The minimum Gasteiger partial charge on any atom is -0.0233 e. The van der Waals surface area contributed by atoms with Crippen LogP contribution in [0.3, 0.4) is 0 Å². The molecule has 0 aromatic rings. The topological polar surface area (TPSA) is 14.1 Å². The lowest BCUT2D eigenvalue weighted by atomic mass is 10.6. The Labute approximate surface area is 41.2 Å². The molecule has 0 atom stereocenters. The second-order valence-electron chi connectivity index (χ2n) is 1.13. The predicted octanol–water partition coefficient (Wildman–Crippen LogP) is 0.959. The van der Waals surface area contributed by atoms with Gasteiger partial charge in [-0.15, -0.1) is 0 Å². The Bertz CT molecular complexity index is 101. The van der Waals surface area contributed by atoms with Gasteiger partial charge in [0.05, 0.1) is 10.4 Å². The van der Waals surface area contributed by atoms with Crippen LogP contribution in [-0.2, 0) is 0 Å². The largest absolute Gasteiger partial charge is 0.280 e. The SMILES string of the molecule is CC1=CSC=[N+]1. The number of allylic oxidation sites excluding steroid dienone is 1. The lowest BCUT2D eigenvalue weighted by Crippen LogP contribution is -1.74. The van der Waals surface area contributed by atoms with Crippen LogP contribution in [0.15, 0.2) is 11.1 Å². The molecule has 0 N–H and O–H groups in total. The van der Waals surface area contributed by atoms with Gasteiger partial charge in [0.15, 0.2) is 0 Å². The van der Waals surface area contributed by atoms with Crippen molar-refractivity contribution in [1.82, 2.24) is 4.99 Å². The van der Waals surface area contributed by atoms with Gasteiger partial charge in [-0.1, -0.05) is 0 Å². The van der Waals surface area contributed by atoms with Crippen LogP contribution in [-0.4, -0.2) is 5.55 Å². The number of thioether (sulfide) groups is 1. The summed E-state index contributed by atoms with van der Waals surface area (Å²) in [4.78, 5) is 3.94. The van der Waals surface area contributed by atoms with E-state index in [1.165, 1.54) is 0 Å². The normalized spacial score (nSPS) is 18.5. The van der Waals surface area contributed by atoms with Crippen molar-refractivity contribution in [3.63, 3.8) is 0 Å². The Kier molecular flexibility index (Phi) is 0.965. The highest BCUT2D eigenvalue weighted by molar-refractivity contribution is 8.14. The molecule has 31 valence electrons. The van der Waals surface area contributed by atoms with E-state index in [4.69, 9.17) is 0 Å². The van der Waals surface area contributed by atoms with Crippen LogP contribution in [0.4, 0.5) is 0 Å². The van der Waals surface area contributed by atoms with Gasteiger partial charge in [0.25, 0.3) is 11.2 Å². The number of hydrogen-bond acceptors (Lipinski definition) is 2. The summed E-state index contributed by atoms with van der Waals surface area (Å²) < 4.78 is 0. The van der Waals surface area contributed by atoms with Crippen LogP contribution in [0.2, 0.25) is 0 Å². The zero-order chi connectivity index (χ0) is 4.41. The second kappa shape index (κ2) is 1.47. The molecule has 2 heteroatoms. The Hall–Kier alpha value is -0.240. The first kappa shape index (κ1) is 3.93. The van der Waals surface area contributed by atoms with Gasteiger partial charge in [0, 0.05) is 6.92 Å². The third kappa shape index (κ3) is 0.627. The lowest BCUT2D eigenvalue weighted by molar-refractivity contribution is 1.23. The molecular weight excluding hydrogens is 94.1 g/mol. The van der Waals surface area contributed by atoms with E-state index < -0.39 is 0 Å². The van der Waals surface area contributed by atoms with Gasteiger partial charge in [-0.3, -0.25) is 0 Å². The average Bonchev–Trinajstić information content (AvgIpc) is 1.86. The maximum atomic E-state index is 3.94. The van der Waals surface area contributed by atoms with Crippen molar-refractivity contribution in [2.75, 3.05) is 0 Å². The number of hydrogen-bond donors (Lipinski definition) is 0. The van der Waals surface area contributed by atoms with Gasteiger partial charge in [-0.25, -0.2) is 0 Å². The zero-order valence-corrected chi connectivity index (χ0v) is 4.33. The summed E-state index contributed by atoms with van der Waals surface area (Å²) in [7, 11) is 0. The maximum Gasteiger partial charge on any atom is 0.280 e. The van der Waals surface area contributed by atoms with Gasteiger partial charge in [-0.2, -0.15) is 0 Å². The molecule has 0 saturated heterocycles. The molecule has 0 aliphatic carbocycles. The van der Waals surface area contributed by atoms with Crippen molar-refractivity contribution >= 4 is 17.3 Å². The van der Waals surface area contributed by atoms with Gasteiger partial charge < -0.3 is 0 Å². The molecule has 0 aromatic heterocycles. The van der Waals surface area contributed by atoms with Crippen molar-refractivity contribution in [2.24, 2.45) is 0 Å². The molecule has 0 spiro atoms. The molecule has 1 aliphatic heterocycles. The van der Waals surface area contributed by atoms with Crippen LogP contribution >= 0.6 is 11.8 Å². The van der Waals surface area contributed by atoms with E-state index in [0.29, 0.717) is 0 Å². The minimum atomic E-state index is 1.11. The fourth-order valence-corrected chi connectivity index (χ4v) is 0.819. The molecule has 1 radical (unpaired) electrons. The fraction of sp³-hybridized carbons (Fsp3) is 0.250. The van der Waals surface area contributed by atoms with Gasteiger partial charge in [0.2, 0.25) is 0 Å². The molecule has 1 heterocycles. The molecule has 0 aromatic carbocycles. The quantitative estimate of drug-likeness (QED) is 0.441. The predicted molar refractivity (Wildman–Crippen MR) is 29.5 cm³/mol. The molecule has 6 heavy (non-hydrogen) atoms. The van der Waals surface area contributed by atoms with E-state index in [1.807, 2.05) is 17.9 Å². The van der Waals surface area contributed by atoms with Crippen LogP contribution in [0.5, 0.6) is 0 Å². The Morgan fingerprint density at radius 1 is 1.83 bits per heavy atom. The van der Waals surface area contributed by atoms with Crippen molar-refractivity contribution in [3.8, 4) is 0 Å². The maximum absolute atomic E-state index is 3.94. The lowest BCUT2D eigenvalue weighted by Gasteiger charge is -1.54. The second-order valence-corrected chi connectivity index (χ2v) is 1.85. The first-order valence-corrected chi connectivity index (χ1v) is 2.68. The van der Waals surface area contributed by atoms with Crippen molar-refractivity contribution in [2.45, 2.75) is 6.92 Å². The summed E-state index contributed by atoms with van der Waals surface area (Å²) in [5, 5.41) is 2.01. The summed E-state index contributed by atoms with van der Waals surface area (Å²) in [6.07, 6.45) is 0. The van der Waals surface area contributed by atoms with Crippen LogP contribution in [0.25, 0.3) is 0 Å². The van der Waals surface area contributed by atoms with E-state index >= 15 is 0 Å². The highest BCUT2D eigenvalue weighted by atomic mass is 32.2. The summed E-state index contributed by atoms with van der Waals surface area (Å²) in [6.45, 7) is 1.98. The average molecular weight is 99.2 g/mol. The summed E-state index contributed by atoms with van der Waals surface area (Å²) >= 11 is 1.63. The molecule has 1 rings (SSSR count). The van der Waals surface area contributed by atoms with E-state index in [0.717, 1.165) is 5.70 Å². The monoisotopic (exact) mass is 99.0 g/mol. The Morgan fingerprint density at radius 3 is 2.83 bits per heavy atom. The summed E-state index contributed by atoms with van der Waals surface area (Å²) in [5.41, 5.74) is 2.94. The molecule has 1 aliphatic rings. The summed E-state index contributed by atoms with van der Waals surface area (Å²) in [6, 6.07) is 0. The number of rotatable bonds is 0. The van der Waals surface area contributed by atoms with Gasteiger partial charge in [-0.05, 0) is 11.8 Å². The molecule has 0 fully saturated rings. The standard InChI is InChI=1S/C4H5NS/c1-4-2-6-3-5-4/h2-3H,1H3/q+1. The third-order valence-electron chi connectivity index (χ3n) is 0.556. The number of nitrogens with zero attached hydrogens (tertiary/aromatic N) is 1. The molecule has 0 bridgehead atoms. The first-order chi connectivity index (χ1) is 2.89. The molecule has 0 amide bonds. The van der Waals surface area contributed by atoms with E-state index in [1.54, 1.807) is 11.8 Å². The van der Waals surface area contributed by atoms with Crippen LogP contribution in [0.1, 0.15) is 6.92 Å². The van der Waals surface area contributed by atoms with E-state index in [2.05, 4.69) is 4.99 Å². The zero-order valence-electron chi connectivity index (χ0n) is 3.51. The number of aliphatic imine (C=N–C) groups is 1. The molecule has 0 saturated carbocycles. The Morgan fingerprint density at radius 2 is 2.67 bits per heavy atom. The first-order valence-electron chi connectivity index (χ1n) is 1.74. The van der Waals surface area contributed by atoms with E-state index in [9.17, 15) is 0 Å². The third-order valence-corrected chi connectivity index (χ3v) is 1.26. The van der Waals surface area contributed by atoms with Gasteiger partial charge >= 0.3 is 0 Å². The molecule has 1 nitrogen and oxygen atoms in total. The fourth-order valence-electron chi connectivity index (χ4n) is 0.273. The molecule has 0 unspecified atom stereocenters.